The fourth-order valence-electron chi connectivity index (χ4n) is 1.05. The number of aldehydes is 1. The monoisotopic (exact) mass is 170 g/mol. The first-order valence-corrected chi connectivity index (χ1v) is 3.51. The Hall–Kier alpha value is -1.25. The van der Waals surface area contributed by atoms with Gasteiger partial charge < -0.3 is 0 Å². The van der Waals surface area contributed by atoms with Gasteiger partial charge in [0, 0.05) is 5.56 Å². The zero-order valence-electron chi connectivity index (χ0n) is 6.39. The summed E-state index contributed by atoms with van der Waals surface area (Å²) in [5.74, 6) is 0. The van der Waals surface area contributed by atoms with Crippen LogP contribution in [-0.2, 0) is 13.3 Å². The van der Waals surface area contributed by atoms with Crippen molar-refractivity contribution >= 4 is 6.29 Å². The molecule has 0 radical (unpaired) electrons. The number of halogens is 2. The normalized spacial score (nSPS) is 9.83. The second-order valence-electron chi connectivity index (χ2n) is 2.37. The second-order valence-corrected chi connectivity index (χ2v) is 2.37. The van der Waals surface area contributed by atoms with Crippen molar-refractivity contribution in [2.45, 2.75) is 13.3 Å². The van der Waals surface area contributed by atoms with E-state index in [9.17, 15) is 13.6 Å². The van der Waals surface area contributed by atoms with E-state index < -0.39 is 13.3 Å². The molecule has 1 rings (SSSR count). The number of hydrogen-bond acceptors (Lipinski definition) is 1. The molecule has 1 nitrogen and oxygen atoms in total. The zero-order valence-corrected chi connectivity index (χ0v) is 6.39. The van der Waals surface area contributed by atoms with Crippen LogP contribution in [0.5, 0.6) is 0 Å². The fraction of sp³-hybridized carbons (Fsp3) is 0.222. The van der Waals surface area contributed by atoms with Crippen LogP contribution in [0.15, 0.2) is 18.2 Å². The molecule has 1 aromatic rings. The lowest BCUT2D eigenvalue weighted by atomic mass is 10.0. The number of carbonyl (C=O) groups excluding carboxylic acids is 1. The summed E-state index contributed by atoms with van der Waals surface area (Å²) in [6.45, 7) is -1.53. The molecule has 0 saturated heterocycles. The van der Waals surface area contributed by atoms with Crippen molar-refractivity contribution in [3.05, 3.63) is 34.9 Å². The highest BCUT2D eigenvalue weighted by Gasteiger charge is 2.06. The molecular weight excluding hydrogens is 162 g/mol. The maximum atomic E-state index is 12.3. The first-order valence-electron chi connectivity index (χ1n) is 3.51. The van der Waals surface area contributed by atoms with Gasteiger partial charge in [0.15, 0.2) is 0 Å². The topological polar surface area (TPSA) is 17.1 Å². The second kappa shape index (κ2) is 3.95. The summed E-state index contributed by atoms with van der Waals surface area (Å²) in [4.78, 5) is 10.4. The van der Waals surface area contributed by atoms with Crippen LogP contribution >= 0.6 is 0 Å². The summed E-state index contributed by atoms with van der Waals surface area (Å²) in [7, 11) is 0. The minimum absolute atomic E-state index is 0.162. The number of rotatable bonds is 3. The highest BCUT2D eigenvalue weighted by molar-refractivity contribution is 5.77. The molecule has 0 heterocycles. The van der Waals surface area contributed by atoms with Gasteiger partial charge in [-0.05, 0) is 11.1 Å². The minimum Gasteiger partial charge on any atom is -0.298 e. The van der Waals surface area contributed by atoms with Crippen LogP contribution in [0, 0.1) is 0 Å². The Morgan fingerprint density at radius 2 is 2.00 bits per heavy atom. The Balaban J connectivity index is 3.21. The summed E-state index contributed by atoms with van der Waals surface area (Å²) >= 11 is 0. The third kappa shape index (κ3) is 1.49. The van der Waals surface area contributed by atoms with Gasteiger partial charge in [-0.1, -0.05) is 18.2 Å². The molecule has 0 N–H and O–H groups in total. The van der Waals surface area contributed by atoms with E-state index in [4.69, 9.17) is 0 Å². The van der Waals surface area contributed by atoms with Crippen molar-refractivity contribution < 1.29 is 13.6 Å². The summed E-state index contributed by atoms with van der Waals surface area (Å²) in [6.07, 6.45) is 0.536. The van der Waals surface area contributed by atoms with Gasteiger partial charge in [0.1, 0.15) is 19.6 Å². The Bertz CT molecular complexity index is 284. The first kappa shape index (κ1) is 8.84. The van der Waals surface area contributed by atoms with Gasteiger partial charge in [0.25, 0.3) is 0 Å². The van der Waals surface area contributed by atoms with E-state index in [-0.39, 0.29) is 16.7 Å². The average molecular weight is 170 g/mol. The van der Waals surface area contributed by atoms with Crippen LogP contribution in [0.2, 0.25) is 0 Å². The average Bonchev–Trinajstić information content (AvgIpc) is 2.16. The van der Waals surface area contributed by atoms with Gasteiger partial charge >= 0.3 is 0 Å². The van der Waals surface area contributed by atoms with Gasteiger partial charge in [-0.3, -0.25) is 4.79 Å². The standard InChI is InChI=1S/C9H8F2O/c10-4-7-2-1-3-8(6-12)9(7)5-11/h1-3,6H,4-5H2. The number of carbonyl (C=O) groups is 1. The van der Waals surface area contributed by atoms with Crippen LogP contribution in [0.1, 0.15) is 21.5 Å². The smallest absolute Gasteiger partial charge is 0.150 e. The summed E-state index contributed by atoms with van der Waals surface area (Å²) in [5, 5.41) is 0. The molecule has 0 spiro atoms. The summed E-state index contributed by atoms with van der Waals surface area (Å²) < 4.78 is 24.5. The van der Waals surface area contributed by atoms with E-state index in [0.29, 0.717) is 6.29 Å². The lowest BCUT2D eigenvalue weighted by Crippen LogP contribution is -1.95. The lowest BCUT2D eigenvalue weighted by molar-refractivity contribution is 0.112. The molecular formula is C9H8F2O. The first-order chi connectivity index (χ1) is 5.83. The molecule has 1 aromatic carbocycles. The Morgan fingerprint density at radius 3 is 2.50 bits per heavy atom. The van der Waals surface area contributed by atoms with E-state index in [1.54, 1.807) is 0 Å². The van der Waals surface area contributed by atoms with Crippen LogP contribution in [0.25, 0.3) is 0 Å². The van der Waals surface area contributed by atoms with Crippen molar-refractivity contribution in [1.82, 2.24) is 0 Å². The molecule has 12 heavy (non-hydrogen) atoms. The Kier molecular flexibility index (Phi) is 2.91. The predicted octanol–water partition coefficient (Wildman–Crippen LogP) is 2.44. The number of alkyl halides is 2. The number of benzene rings is 1. The van der Waals surface area contributed by atoms with Crippen molar-refractivity contribution in [2.75, 3.05) is 0 Å². The van der Waals surface area contributed by atoms with Gasteiger partial charge in [-0.2, -0.15) is 0 Å². The number of hydrogen-bond donors (Lipinski definition) is 0. The molecule has 0 aliphatic rings. The van der Waals surface area contributed by atoms with E-state index in [0.717, 1.165) is 0 Å². The Morgan fingerprint density at radius 1 is 1.25 bits per heavy atom. The Labute approximate surface area is 69.0 Å². The highest BCUT2D eigenvalue weighted by atomic mass is 19.1. The SMILES string of the molecule is O=Cc1cccc(CF)c1CF. The van der Waals surface area contributed by atoms with E-state index in [2.05, 4.69) is 0 Å². The van der Waals surface area contributed by atoms with Crippen LogP contribution in [-0.4, -0.2) is 6.29 Å². The molecule has 0 saturated carbocycles. The molecule has 0 aliphatic carbocycles. The molecule has 0 bridgehead atoms. The van der Waals surface area contributed by atoms with Crippen molar-refractivity contribution in [3.8, 4) is 0 Å². The van der Waals surface area contributed by atoms with E-state index in [1.165, 1.54) is 18.2 Å². The molecule has 0 amide bonds. The molecule has 0 unspecified atom stereocenters. The van der Waals surface area contributed by atoms with Gasteiger partial charge in [0.2, 0.25) is 0 Å². The predicted molar refractivity (Wildman–Crippen MR) is 41.5 cm³/mol. The molecule has 0 aliphatic heterocycles. The van der Waals surface area contributed by atoms with Gasteiger partial charge in [-0.25, -0.2) is 8.78 Å². The zero-order chi connectivity index (χ0) is 8.97. The van der Waals surface area contributed by atoms with Crippen LogP contribution in [0.3, 0.4) is 0 Å². The highest BCUT2D eigenvalue weighted by Crippen LogP contribution is 2.15. The third-order valence-electron chi connectivity index (χ3n) is 1.71. The van der Waals surface area contributed by atoms with Gasteiger partial charge in [0.05, 0.1) is 0 Å². The largest absolute Gasteiger partial charge is 0.298 e. The third-order valence-corrected chi connectivity index (χ3v) is 1.71. The molecule has 0 aromatic heterocycles. The van der Waals surface area contributed by atoms with Crippen molar-refractivity contribution in [2.24, 2.45) is 0 Å². The van der Waals surface area contributed by atoms with E-state index >= 15 is 0 Å². The van der Waals surface area contributed by atoms with Crippen LogP contribution in [0.4, 0.5) is 8.78 Å². The summed E-state index contributed by atoms with van der Waals surface area (Å²) in [6, 6.07) is 4.49. The maximum absolute atomic E-state index is 12.3. The van der Waals surface area contributed by atoms with Gasteiger partial charge in [-0.15, -0.1) is 0 Å². The minimum atomic E-state index is -0.797. The van der Waals surface area contributed by atoms with Crippen LogP contribution < -0.4 is 0 Å². The molecule has 0 fully saturated rings. The molecule has 0 atom stereocenters. The van der Waals surface area contributed by atoms with Crippen molar-refractivity contribution in [1.29, 1.82) is 0 Å². The molecule has 64 valence electrons. The maximum Gasteiger partial charge on any atom is 0.150 e. The quantitative estimate of drug-likeness (QED) is 0.637. The van der Waals surface area contributed by atoms with Crippen molar-refractivity contribution in [3.63, 3.8) is 0 Å². The summed E-state index contributed by atoms with van der Waals surface area (Å²) in [5.41, 5.74) is 0.643. The lowest BCUT2D eigenvalue weighted by Gasteiger charge is -2.03. The van der Waals surface area contributed by atoms with E-state index in [1.807, 2.05) is 0 Å². The fourth-order valence-corrected chi connectivity index (χ4v) is 1.05. The molecule has 3 heteroatoms.